The summed E-state index contributed by atoms with van der Waals surface area (Å²) in [5.74, 6) is 0.748. The monoisotopic (exact) mass is 345 g/mol. The van der Waals surface area contributed by atoms with Gasteiger partial charge < -0.3 is 10.2 Å². The Kier molecular flexibility index (Phi) is 4.94. The maximum absolute atomic E-state index is 12.5. The topological polar surface area (TPSA) is 83.0 Å². The third kappa shape index (κ3) is 3.33. The first-order chi connectivity index (χ1) is 11.9. The molecule has 7 heteroatoms. The van der Waals surface area contributed by atoms with Crippen molar-refractivity contribution in [3.8, 4) is 0 Å². The van der Waals surface area contributed by atoms with E-state index in [1.54, 1.807) is 11.7 Å². The van der Waals surface area contributed by atoms with Crippen LogP contribution in [0.5, 0.6) is 0 Å². The minimum absolute atomic E-state index is 0.121. The number of hydrogen-bond acceptors (Lipinski definition) is 4. The lowest BCUT2D eigenvalue weighted by molar-refractivity contribution is -0.130. The maximum atomic E-state index is 12.5. The Labute approximate surface area is 147 Å². The normalized spacial score (nSPS) is 17.6. The number of fused-ring (bicyclic) bond motifs is 1. The van der Waals surface area contributed by atoms with Gasteiger partial charge >= 0.3 is 0 Å². The summed E-state index contributed by atoms with van der Waals surface area (Å²) < 4.78 is 1.65. The van der Waals surface area contributed by atoms with Crippen LogP contribution in [0, 0.1) is 19.8 Å². The average molecular weight is 345 g/mol. The third-order valence-corrected chi connectivity index (χ3v) is 5.30. The predicted octanol–water partition coefficient (Wildman–Crippen LogP) is 0.879. The standard InChI is InChI=1S/C18H27N5O2/c1-11-14(12(2)20-17-16(11)18(25)21-22(17)4)5-6-15(24)23-8-7-13(10-23)9-19-3/h13,19H,5-10H2,1-4H3,(H,21,25). The highest BCUT2D eigenvalue weighted by molar-refractivity contribution is 5.81. The molecule has 3 heterocycles. The third-order valence-electron chi connectivity index (χ3n) is 5.30. The number of nitrogens with zero attached hydrogens (tertiary/aromatic N) is 3. The zero-order valence-electron chi connectivity index (χ0n) is 15.5. The summed E-state index contributed by atoms with van der Waals surface area (Å²) in [6, 6.07) is 0. The second-order valence-electron chi connectivity index (χ2n) is 7.05. The zero-order valence-corrected chi connectivity index (χ0v) is 15.5. The molecule has 0 saturated carbocycles. The van der Waals surface area contributed by atoms with Crippen molar-refractivity contribution < 1.29 is 4.79 Å². The summed E-state index contributed by atoms with van der Waals surface area (Å²) >= 11 is 0. The molecule has 0 bridgehead atoms. The number of likely N-dealkylation sites (tertiary alicyclic amines) is 1. The van der Waals surface area contributed by atoms with Crippen molar-refractivity contribution in [2.75, 3.05) is 26.7 Å². The second-order valence-corrected chi connectivity index (χ2v) is 7.05. The van der Waals surface area contributed by atoms with Crippen molar-refractivity contribution in [1.29, 1.82) is 0 Å². The highest BCUT2D eigenvalue weighted by atomic mass is 16.2. The van der Waals surface area contributed by atoms with E-state index in [9.17, 15) is 9.59 Å². The van der Waals surface area contributed by atoms with E-state index in [2.05, 4.69) is 15.4 Å². The summed E-state index contributed by atoms with van der Waals surface area (Å²) in [5.41, 5.74) is 3.39. The van der Waals surface area contributed by atoms with Gasteiger partial charge in [0, 0.05) is 32.3 Å². The van der Waals surface area contributed by atoms with Crippen LogP contribution in [0.3, 0.4) is 0 Å². The molecule has 0 aliphatic carbocycles. The first-order valence-corrected chi connectivity index (χ1v) is 8.89. The molecule has 2 aromatic heterocycles. The first kappa shape index (κ1) is 17.7. The second kappa shape index (κ2) is 7.00. The fourth-order valence-corrected chi connectivity index (χ4v) is 3.92. The van der Waals surface area contributed by atoms with Crippen LogP contribution in [0.15, 0.2) is 4.79 Å². The molecule has 2 aromatic rings. The Balaban J connectivity index is 1.74. The van der Waals surface area contributed by atoms with Gasteiger partial charge in [0.15, 0.2) is 5.65 Å². The fraction of sp³-hybridized carbons (Fsp3) is 0.611. The molecule has 2 N–H and O–H groups in total. The lowest BCUT2D eigenvalue weighted by Gasteiger charge is -2.17. The Morgan fingerprint density at radius 2 is 2.16 bits per heavy atom. The molecule has 1 atom stereocenters. The fourth-order valence-electron chi connectivity index (χ4n) is 3.92. The van der Waals surface area contributed by atoms with E-state index in [1.165, 1.54) is 0 Å². The van der Waals surface area contributed by atoms with Gasteiger partial charge in [0.1, 0.15) is 0 Å². The number of rotatable bonds is 5. The number of aryl methyl sites for hydroxylation is 3. The number of amides is 1. The number of nitrogens with one attached hydrogen (secondary N) is 2. The summed E-state index contributed by atoms with van der Waals surface area (Å²) in [6.07, 6.45) is 2.16. The number of pyridine rings is 1. The molecule has 1 amide bonds. The number of carbonyl (C=O) groups excluding carboxylic acids is 1. The van der Waals surface area contributed by atoms with Crippen LogP contribution in [0.1, 0.15) is 29.7 Å². The molecule has 1 fully saturated rings. The molecule has 1 unspecified atom stereocenters. The Morgan fingerprint density at radius 3 is 2.88 bits per heavy atom. The van der Waals surface area contributed by atoms with Gasteiger partial charge in [0.25, 0.3) is 5.56 Å². The molecule has 1 aliphatic heterocycles. The van der Waals surface area contributed by atoms with Crippen LogP contribution in [0.4, 0.5) is 0 Å². The Morgan fingerprint density at radius 1 is 1.40 bits per heavy atom. The molecule has 1 saturated heterocycles. The number of hydrogen-bond donors (Lipinski definition) is 2. The molecule has 136 valence electrons. The van der Waals surface area contributed by atoms with Gasteiger partial charge in [-0.25, -0.2) is 4.98 Å². The Bertz CT molecular complexity index is 851. The van der Waals surface area contributed by atoms with E-state index < -0.39 is 0 Å². The lowest BCUT2D eigenvalue weighted by Crippen LogP contribution is -2.30. The summed E-state index contributed by atoms with van der Waals surface area (Å²) in [6.45, 7) is 6.54. The first-order valence-electron chi connectivity index (χ1n) is 8.89. The zero-order chi connectivity index (χ0) is 18.1. The lowest BCUT2D eigenvalue weighted by atomic mass is 10.00. The van der Waals surface area contributed by atoms with Gasteiger partial charge in [0.05, 0.1) is 5.39 Å². The van der Waals surface area contributed by atoms with E-state index in [1.807, 2.05) is 25.8 Å². The number of aromatic nitrogens is 3. The predicted molar refractivity (Wildman–Crippen MR) is 97.7 cm³/mol. The molecule has 3 rings (SSSR count). The minimum Gasteiger partial charge on any atom is -0.342 e. The molecule has 0 radical (unpaired) electrons. The number of H-pyrrole nitrogens is 1. The molecule has 25 heavy (non-hydrogen) atoms. The van der Waals surface area contributed by atoms with Crippen molar-refractivity contribution in [2.45, 2.75) is 33.1 Å². The van der Waals surface area contributed by atoms with Crippen molar-refractivity contribution in [3.05, 3.63) is 27.2 Å². The van der Waals surface area contributed by atoms with E-state index in [-0.39, 0.29) is 11.5 Å². The molecular formula is C18H27N5O2. The van der Waals surface area contributed by atoms with Crippen LogP contribution >= 0.6 is 0 Å². The summed E-state index contributed by atoms with van der Waals surface area (Å²) in [7, 11) is 3.73. The SMILES string of the molecule is CNCC1CCN(C(=O)CCc2c(C)nc3c(c2C)c(=O)[nH]n3C)C1. The van der Waals surface area contributed by atoms with Crippen LogP contribution in [-0.2, 0) is 18.3 Å². The van der Waals surface area contributed by atoms with Gasteiger partial charge in [-0.15, -0.1) is 0 Å². The van der Waals surface area contributed by atoms with Gasteiger partial charge in [0.2, 0.25) is 5.91 Å². The van der Waals surface area contributed by atoms with Gasteiger partial charge in [-0.3, -0.25) is 19.4 Å². The summed E-state index contributed by atoms with van der Waals surface area (Å²) in [5, 5.41) is 6.57. The van der Waals surface area contributed by atoms with E-state index in [0.29, 0.717) is 29.8 Å². The molecule has 0 spiro atoms. The van der Waals surface area contributed by atoms with Crippen molar-refractivity contribution >= 4 is 16.9 Å². The summed E-state index contributed by atoms with van der Waals surface area (Å²) in [4.78, 5) is 31.2. The molecule has 7 nitrogen and oxygen atoms in total. The van der Waals surface area contributed by atoms with Crippen LogP contribution in [0.25, 0.3) is 11.0 Å². The van der Waals surface area contributed by atoms with E-state index >= 15 is 0 Å². The van der Waals surface area contributed by atoms with Crippen molar-refractivity contribution in [1.82, 2.24) is 25.0 Å². The van der Waals surface area contributed by atoms with Gasteiger partial charge in [-0.1, -0.05) is 0 Å². The maximum Gasteiger partial charge on any atom is 0.273 e. The highest BCUT2D eigenvalue weighted by Gasteiger charge is 2.25. The molecular weight excluding hydrogens is 318 g/mol. The smallest absolute Gasteiger partial charge is 0.273 e. The average Bonchev–Trinajstić information content (AvgIpc) is 3.12. The highest BCUT2D eigenvalue weighted by Crippen LogP contribution is 2.22. The number of aromatic amines is 1. The van der Waals surface area contributed by atoms with E-state index in [4.69, 9.17) is 0 Å². The number of carbonyl (C=O) groups is 1. The van der Waals surface area contributed by atoms with Crippen molar-refractivity contribution in [3.63, 3.8) is 0 Å². The van der Waals surface area contributed by atoms with Gasteiger partial charge in [-0.05, 0) is 57.3 Å². The molecule has 0 aromatic carbocycles. The van der Waals surface area contributed by atoms with Crippen LogP contribution in [0.2, 0.25) is 0 Å². The quantitative estimate of drug-likeness (QED) is 0.843. The van der Waals surface area contributed by atoms with E-state index in [0.717, 1.165) is 42.9 Å². The Hall–Kier alpha value is -2.15. The van der Waals surface area contributed by atoms with Crippen molar-refractivity contribution in [2.24, 2.45) is 13.0 Å². The van der Waals surface area contributed by atoms with Crippen LogP contribution in [-0.4, -0.2) is 52.3 Å². The molecule has 1 aliphatic rings. The van der Waals surface area contributed by atoms with Gasteiger partial charge in [-0.2, -0.15) is 0 Å². The minimum atomic E-state index is -0.121. The largest absolute Gasteiger partial charge is 0.342 e. The van der Waals surface area contributed by atoms with Crippen LogP contribution < -0.4 is 10.9 Å².